The summed E-state index contributed by atoms with van der Waals surface area (Å²) >= 11 is 0. The normalized spacial score (nSPS) is 22.6. The van der Waals surface area contributed by atoms with Gasteiger partial charge in [0.05, 0.1) is 12.5 Å². The number of esters is 1. The van der Waals surface area contributed by atoms with Gasteiger partial charge in [-0.2, -0.15) is 0 Å². The molecule has 0 spiro atoms. The third-order valence-electron chi connectivity index (χ3n) is 3.87. The van der Waals surface area contributed by atoms with Gasteiger partial charge in [0.2, 0.25) is 0 Å². The number of aryl methyl sites for hydroxylation is 1. The fraction of sp³-hybridized carbons (Fsp3) is 0.733. The van der Waals surface area contributed by atoms with Crippen molar-refractivity contribution in [3.8, 4) is 0 Å². The molecule has 5 nitrogen and oxygen atoms in total. The van der Waals surface area contributed by atoms with Crippen molar-refractivity contribution in [1.82, 2.24) is 15.3 Å². The van der Waals surface area contributed by atoms with E-state index in [1.54, 1.807) is 6.20 Å². The molecule has 1 aliphatic carbocycles. The van der Waals surface area contributed by atoms with E-state index < -0.39 is 0 Å². The summed E-state index contributed by atoms with van der Waals surface area (Å²) < 4.78 is 5.13. The maximum atomic E-state index is 11.8. The minimum absolute atomic E-state index is 0.0189. The van der Waals surface area contributed by atoms with Crippen LogP contribution >= 0.6 is 0 Å². The molecule has 1 heterocycles. The van der Waals surface area contributed by atoms with E-state index in [9.17, 15) is 4.79 Å². The number of imidazole rings is 1. The van der Waals surface area contributed by atoms with Crippen LogP contribution in [0.25, 0.3) is 0 Å². The second-order valence-electron chi connectivity index (χ2n) is 5.41. The zero-order valence-corrected chi connectivity index (χ0v) is 12.2. The molecule has 20 heavy (non-hydrogen) atoms. The number of carbonyl (C=O) groups excluding carboxylic acids is 1. The van der Waals surface area contributed by atoms with Crippen LogP contribution in [0.4, 0.5) is 0 Å². The lowest BCUT2D eigenvalue weighted by molar-refractivity contribution is -0.149. The van der Waals surface area contributed by atoms with E-state index in [1.807, 2.05) is 13.1 Å². The maximum Gasteiger partial charge on any atom is 0.308 e. The van der Waals surface area contributed by atoms with Crippen molar-refractivity contribution in [3.05, 3.63) is 18.2 Å². The summed E-state index contributed by atoms with van der Waals surface area (Å²) in [6, 6.07) is 0.453. The first kappa shape index (κ1) is 15.0. The number of hydrogen-bond acceptors (Lipinski definition) is 4. The predicted octanol–water partition coefficient (Wildman–Crippen LogP) is 2.05. The fourth-order valence-corrected chi connectivity index (χ4v) is 2.85. The molecule has 2 atom stereocenters. The first-order valence-electron chi connectivity index (χ1n) is 7.68. The standard InChI is InChI=1S/C15H25N3O2/c1-2-20-15(19)12-5-3-6-13(11-12)16-8-4-7-14-17-9-10-18-14/h9-10,12-13,16H,2-8,11H2,1H3,(H,17,18). The Bertz CT molecular complexity index is 392. The van der Waals surface area contributed by atoms with E-state index in [0.717, 1.165) is 50.9 Å². The van der Waals surface area contributed by atoms with Gasteiger partial charge in [0, 0.05) is 24.9 Å². The molecule has 2 N–H and O–H groups in total. The summed E-state index contributed by atoms with van der Waals surface area (Å²) in [4.78, 5) is 19.1. The van der Waals surface area contributed by atoms with Crippen molar-refractivity contribution in [2.24, 2.45) is 5.92 Å². The van der Waals surface area contributed by atoms with Crippen molar-refractivity contribution in [2.45, 2.75) is 51.5 Å². The molecule has 0 radical (unpaired) electrons. The molecule has 1 aromatic heterocycles. The number of nitrogens with one attached hydrogen (secondary N) is 2. The highest BCUT2D eigenvalue weighted by Crippen LogP contribution is 2.25. The van der Waals surface area contributed by atoms with Crippen molar-refractivity contribution in [3.63, 3.8) is 0 Å². The molecule has 0 bridgehead atoms. The molecule has 1 aliphatic rings. The van der Waals surface area contributed by atoms with Gasteiger partial charge in [0.25, 0.3) is 0 Å². The summed E-state index contributed by atoms with van der Waals surface area (Å²) in [5, 5.41) is 3.56. The Balaban J connectivity index is 1.64. The molecule has 0 aromatic carbocycles. The van der Waals surface area contributed by atoms with Crippen LogP contribution in [0, 0.1) is 5.92 Å². The van der Waals surface area contributed by atoms with Crippen molar-refractivity contribution < 1.29 is 9.53 Å². The molecule has 1 aromatic rings. The Morgan fingerprint density at radius 2 is 2.45 bits per heavy atom. The van der Waals surface area contributed by atoms with Crippen LogP contribution in [0.5, 0.6) is 0 Å². The van der Waals surface area contributed by atoms with E-state index in [-0.39, 0.29) is 11.9 Å². The lowest BCUT2D eigenvalue weighted by Gasteiger charge is -2.28. The second-order valence-corrected chi connectivity index (χ2v) is 5.41. The lowest BCUT2D eigenvalue weighted by atomic mass is 9.85. The number of ether oxygens (including phenoxy) is 1. The van der Waals surface area contributed by atoms with Gasteiger partial charge in [-0.3, -0.25) is 4.79 Å². The molecule has 2 unspecified atom stereocenters. The van der Waals surface area contributed by atoms with E-state index >= 15 is 0 Å². The molecule has 0 aliphatic heterocycles. The Hall–Kier alpha value is -1.36. The Morgan fingerprint density at radius 3 is 3.20 bits per heavy atom. The monoisotopic (exact) mass is 279 g/mol. The summed E-state index contributed by atoms with van der Waals surface area (Å²) in [5.74, 6) is 1.11. The van der Waals surface area contributed by atoms with Crippen molar-refractivity contribution in [1.29, 1.82) is 0 Å². The summed E-state index contributed by atoms with van der Waals surface area (Å²) in [6.45, 7) is 3.32. The first-order valence-corrected chi connectivity index (χ1v) is 7.68. The molecule has 2 rings (SSSR count). The summed E-state index contributed by atoms with van der Waals surface area (Å²) in [7, 11) is 0. The lowest BCUT2D eigenvalue weighted by Crippen LogP contribution is -2.37. The highest BCUT2D eigenvalue weighted by molar-refractivity contribution is 5.72. The minimum Gasteiger partial charge on any atom is -0.466 e. The topological polar surface area (TPSA) is 67.0 Å². The van der Waals surface area contributed by atoms with Gasteiger partial charge < -0.3 is 15.0 Å². The number of H-pyrrole nitrogens is 1. The van der Waals surface area contributed by atoms with Gasteiger partial charge in [-0.05, 0) is 39.2 Å². The second kappa shape index (κ2) is 8.04. The average Bonchev–Trinajstić information content (AvgIpc) is 2.97. The maximum absolute atomic E-state index is 11.8. The number of carbonyl (C=O) groups is 1. The molecule has 1 saturated carbocycles. The third kappa shape index (κ3) is 4.63. The zero-order valence-electron chi connectivity index (χ0n) is 12.2. The van der Waals surface area contributed by atoms with Crippen LogP contribution in [-0.4, -0.2) is 35.1 Å². The van der Waals surface area contributed by atoms with E-state index in [2.05, 4.69) is 15.3 Å². The summed E-state index contributed by atoms with van der Waals surface area (Å²) in [6.07, 6.45) is 9.84. The van der Waals surface area contributed by atoms with Gasteiger partial charge in [0.15, 0.2) is 0 Å². The molecular weight excluding hydrogens is 254 g/mol. The number of nitrogens with zero attached hydrogens (tertiary/aromatic N) is 1. The SMILES string of the molecule is CCOC(=O)C1CCCC(NCCCc2ncc[nH]2)C1. The molecule has 5 heteroatoms. The van der Waals surface area contributed by atoms with Gasteiger partial charge in [0.1, 0.15) is 5.82 Å². The van der Waals surface area contributed by atoms with Crippen molar-refractivity contribution >= 4 is 5.97 Å². The fourth-order valence-electron chi connectivity index (χ4n) is 2.85. The zero-order chi connectivity index (χ0) is 14.2. The minimum atomic E-state index is -0.0189. The van der Waals surface area contributed by atoms with Crippen LogP contribution in [0.2, 0.25) is 0 Å². The first-order chi connectivity index (χ1) is 9.79. The van der Waals surface area contributed by atoms with E-state index in [0.29, 0.717) is 12.6 Å². The summed E-state index contributed by atoms with van der Waals surface area (Å²) in [5.41, 5.74) is 0. The largest absolute Gasteiger partial charge is 0.466 e. The Labute approximate surface area is 120 Å². The number of aromatic nitrogens is 2. The van der Waals surface area contributed by atoms with Crippen LogP contribution in [-0.2, 0) is 16.0 Å². The Morgan fingerprint density at radius 1 is 1.55 bits per heavy atom. The molecule has 1 fully saturated rings. The van der Waals surface area contributed by atoms with Crippen LogP contribution in [0.1, 0.15) is 44.9 Å². The van der Waals surface area contributed by atoms with Gasteiger partial charge in [-0.15, -0.1) is 0 Å². The van der Waals surface area contributed by atoms with Crippen LogP contribution in [0.15, 0.2) is 12.4 Å². The number of hydrogen-bond donors (Lipinski definition) is 2. The molecule has 0 saturated heterocycles. The Kier molecular flexibility index (Phi) is 6.05. The smallest absolute Gasteiger partial charge is 0.308 e. The van der Waals surface area contributed by atoms with E-state index in [1.165, 1.54) is 0 Å². The average molecular weight is 279 g/mol. The van der Waals surface area contributed by atoms with Crippen molar-refractivity contribution in [2.75, 3.05) is 13.2 Å². The van der Waals surface area contributed by atoms with Crippen LogP contribution < -0.4 is 5.32 Å². The molecular formula is C15H25N3O2. The van der Waals surface area contributed by atoms with Gasteiger partial charge >= 0.3 is 5.97 Å². The van der Waals surface area contributed by atoms with Gasteiger partial charge in [-0.25, -0.2) is 4.98 Å². The highest BCUT2D eigenvalue weighted by Gasteiger charge is 2.27. The number of rotatable bonds is 7. The number of aromatic amines is 1. The molecule has 112 valence electrons. The third-order valence-corrected chi connectivity index (χ3v) is 3.87. The van der Waals surface area contributed by atoms with E-state index in [4.69, 9.17) is 4.74 Å². The highest BCUT2D eigenvalue weighted by atomic mass is 16.5. The molecule has 0 amide bonds. The predicted molar refractivity (Wildman–Crippen MR) is 77.3 cm³/mol. The quantitative estimate of drug-likeness (QED) is 0.592. The van der Waals surface area contributed by atoms with Crippen LogP contribution in [0.3, 0.4) is 0 Å². The van der Waals surface area contributed by atoms with Gasteiger partial charge in [-0.1, -0.05) is 6.42 Å².